The highest BCUT2D eigenvalue weighted by atomic mass is 16.5. The van der Waals surface area contributed by atoms with E-state index in [0.29, 0.717) is 0 Å². The number of carboxylic acids is 1. The van der Waals surface area contributed by atoms with Crippen LogP contribution in [0.4, 0.5) is 0 Å². The normalized spacial score (nSPS) is 13.5. The molecular formula is C10H17NO7. The highest BCUT2D eigenvalue weighted by Crippen LogP contribution is 2.00. The molecular weight excluding hydrogens is 246 g/mol. The molecule has 1 unspecified atom stereocenters. The van der Waals surface area contributed by atoms with Gasteiger partial charge in [0, 0.05) is 13.3 Å². The molecule has 2 atom stereocenters. The van der Waals surface area contributed by atoms with Gasteiger partial charge in [-0.3, -0.25) is 9.59 Å². The summed E-state index contributed by atoms with van der Waals surface area (Å²) in [6.45, 7) is 0.288. The second kappa shape index (κ2) is 8.43. The zero-order valence-electron chi connectivity index (χ0n) is 9.96. The quantitative estimate of drug-likeness (QED) is 0.382. The second-order valence-electron chi connectivity index (χ2n) is 3.65. The van der Waals surface area contributed by atoms with Crippen molar-refractivity contribution in [3.05, 3.63) is 0 Å². The van der Waals surface area contributed by atoms with Gasteiger partial charge in [-0.25, -0.2) is 4.79 Å². The van der Waals surface area contributed by atoms with Crippen LogP contribution < -0.4 is 5.32 Å². The SMILES string of the molecule is CC(=O)N[C@@H](CCC(=O)OCC(O)CO)C(=O)O. The number of aliphatic hydroxyl groups excluding tert-OH is 2. The fourth-order valence-electron chi connectivity index (χ4n) is 1.08. The first-order chi connectivity index (χ1) is 8.36. The summed E-state index contributed by atoms with van der Waals surface area (Å²) >= 11 is 0. The van der Waals surface area contributed by atoms with Gasteiger partial charge in [0.2, 0.25) is 5.91 Å². The number of carbonyl (C=O) groups excluding carboxylic acids is 2. The first kappa shape index (κ1) is 16.3. The van der Waals surface area contributed by atoms with Crippen LogP contribution in [0.3, 0.4) is 0 Å². The largest absolute Gasteiger partial charge is 0.480 e. The van der Waals surface area contributed by atoms with Crippen molar-refractivity contribution in [3.63, 3.8) is 0 Å². The topological polar surface area (TPSA) is 133 Å². The second-order valence-corrected chi connectivity index (χ2v) is 3.65. The van der Waals surface area contributed by atoms with E-state index in [9.17, 15) is 14.4 Å². The van der Waals surface area contributed by atoms with Gasteiger partial charge in [-0.15, -0.1) is 0 Å². The molecule has 0 saturated carbocycles. The van der Waals surface area contributed by atoms with Crippen LogP contribution in [0.1, 0.15) is 19.8 Å². The summed E-state index contributed by atoms with van der Waals surface area (Å²) in [7, 11) is 0. The molecule has 0 aromatic carbocycles. The van der Waals surface area contributed by atoms with E-state index in [-0.39, 0.29) is 19.4 Å². The predicted octanol–water partition coefficient (Wildman–Crippen LogP) is -1.75. The van der Waals surface area contributed by atoms with Gasteiger partial charge in [0.25, 0.3) is 0 Å². The molecule has 0 aromatic heterocycles. The van der Waals surface area contributed by atoms with Crippen LogP contribution in [0.25, 0.3) is 0 Å². The molecule has 18 heavy (non-hydrogen) atoms. The van der Waals surface area contributed by atoms with Crippen LogP contribution in [0, 0.1) is 0 Å². The fourth-order valence-corrected chi connectivity index (χ4v) is 1.08. The highest BCUT2D eigenvalue weighted by molar-refractivity contribution is 5.82. The van der Waals surface area contributed by atoms with Crippen LogP contribution in [0.5, 0.6) is 0 Å². The van der Waals surface area contributed by atoms with Crippen LogP contribution in [-0.2, 0) is 19.1 Å². The maximum atomic E-state index is 11.2. The lowest BCUT2D eigenvalue weighted by Crippen LogP contribution is -2.40. The number of carboxylic acid groups (broad SMARTS) is 1. The minimum atomic E-state index is -1.24. The van der Waals surface area contributed by atoms with Gasteiger partial charge in [-0.05, 0) is 6.42 Å². The Kier molecular flexibility index (Phi) is 7.64. The number of amides is 1. The fraction of sp³-hybridized carbons (Fsp3) is 0.700. The Morgan fingerprint density at radius 3 is 2.39 bits per heavy atom. The zero-order valence-corrected chi connectivity index (χ0v) is 9.96. The molecule has 8 nitrogen and oxygen atoms in total. The Labute approximate surface area is 104 Å². The average Bonchev–Trinajstić information content (AvgIpc) is 2.30. The van der Waals surface area contributed by atoms with Gasteiger partial charge in [0.1, 0.15) is 18.8 Å². The first-order valence-corrected chi connectivity index (χ1v) is 5.31. The van der Waals surface area contributed by atoms with E-state index in [1.807, 2.05) is 0 Å². The van der Waals surface area contributed by atoms with Crippen LogP contribution in [0.15, 0.2) is 0 Å². The molecule has 0 fully saturated rings. The molecule has 0 saturated heterocycles. The van der Waals surface area contributed by atoms with Crippen molar-refractivity contribution in [2.75, 3.05) is 13.2 Å². The molecule has 104 valence electrons. The van der Waals surface area contributed by atoms with Crippen molar-refractivity contribution in [2.45, 2.75) is 31.9 Å². The predicted molar refractivity (Wildman–Crippen MR) is 58.5 cm³/mol. The molecule has 4 N–H and O–H groups in total. The van der Waals surface area contributed by atoms with Gasteiger partial charge in [-0.2, -0.15) is 0 Å². The monoisotopic (exact) mass is 263 g/mol. The summed E-state index contributed by atoms with van der Waals surface area (Å²) in [5.41, 5.74) is 0. The van der Waals surface area contributed by atoms with Crippen molar-refractivity contribution in [1.82, 2.24) is 5.32 Å². The lowest BCUT2D eigenvalue weighted by atomic mass is 10.1. The van der Waals surface area contributed by atoms with E-state index < -0.39 is 36.6 Å². The summed E-state index contributed by atoms with van der Waals surface area (Å²) in [4.78, 5) is 32.6. The summed E-state index contributed by atoms with van der Waals surface area (Å²) in [6.07, 6.45) is -1.47. The van der Waals surface area contributed by atoms with E-state index in [1.54, 1.807) is 0 Å². The molecule has 0 radical (unpaired) electrons. The van der Waals surface area contributed by atoms with E-state index in [4.69, 9.17) is 15.3 Å². The number of rotatable bonds is 8. The Bertz CT molecular complexity index is 305. The summed E-state index contributed by atoms with van der Waals surface area (Å²) in [6, 6.07) is -1.15. The molecule has 0 aliphatic heterocycles. The van der Waals surface area contributed by atoms with Gasteiger partial charge >= 0.3 is 11.9 Å². The number of hydrogen-bond donors (Lipinski definition) is 4. The lowest BCUT2D eigenvalue weighted by Gasteiger charge is -2.13. The molecule has 8 heteroatoms. The Morgan fingerprint density at radius 2 is 1.94 bits per heavy atom. The van der Waals surface area contributed by atoms with E-state index in [0.717, 1.165) is 0 Å². The third-order valence-electron chi connectivity index (χ3n) is 1.96. The minimum absolute atomic E-state index is 0.108. The Balaban J connectivity index is 4.00. The first-order valence-electron chi connectivity index (χ1n) is 5.31. The molecule has 0 rings (SSSR count). The number of esters is 1. The van der Waals surface area contributed by atoms with Crippen LogP contribution >= 0.6 is 0 Å². The summed E-state index contributed by atoms with van der Waals surface area (Å²) in [5.74, 6) is -2.46. The minimum Gasteiger partial charge on any atom is -0.480 e. The molecule has 0 heterocycles. The highest BCUT2D eigenvalue weighted by Gasteiger charge is 2.20. The van der Waals surface area contributed by atoms with Gasteiger partial charge in [0.05, 0.1) is 6.61 Å². The molecule has 1 amide bonds. The van der Waals surface area contributed by atoms with Gasteiger partial charge in [0.15, 0.2) is 0 Å². The lowest BCUT2D eigenvalue weighted by molar-refractivity contribution is -0.148. The Morgan fingerprint density at radius 1 is 1.33 bits per heavy atom. The van der Waals surface area contributed by atoms with Crippen molar-refractivity contribution in [2.24, 2.45) is 0 Å². The van der Waals surface area contributed by atoms with Crippen molar-refractivity contribution in [3.8, 4) is 0 Å². The number of hydrogen-bond acceptors (Lipinski definition) is 6. The number of carbonyl (C=O) groups is 3. The molecule has 0 aliphatic carbocycles. The number of aliphatic hydroxyl groups is 2. The number of ether oxygens (including phenoxy) is 1. The third-order valence-corrected chi connectivity index (χ3v) is 1.96. The van der Waals surface area contributed by atoms with Crippen molar-refractivity contribution >= 4 is 17.8 Å². The van der Waals surface area contributed by atoms with E-state index in [1.165, 1.54) is 6.92 Å². The third kappa shape index (κ3) is 7.58. The van der Waals surface area contributed by atoms with Crippen LogP contribution in [-0.4, -0.2) is 58.5 Å². The van der Waals surface area contributed by atoms with E-state index >= 15 is 0 Å². The van der Waals surface area contributed by atoms with Gasteiger partial charge < -0.3 is 25.4 Å². The van der Waals surface area contributed by atoms with Crippen molar-refractivity contribution in [1.29, 1.82) is 0 Å². The van der Waals surface area contributed by atoms with Crippen molar-refractivity contribution < 1.29 is 34.4 Å². The zero-order chi connectivity index (χ0) is 14.1. The number of nitrogens with one attached hydrogen (secondary N) is 1. The molecule has 0 spiro atoms. The molecule has 0 aliphatic rings. The average molecular weight is 263 g/mol. The summed E-state index contributed by atoms with van der Waals surface area (Å²) < 4.78 is 4.58. The van der Waals surface area contributed by atoms with E-state index in [2.05, 4.69) is 10.1 Å². The Hall–Kier alpha value is -1.67. The maximum Gasteiger partial charge on any atom is 0.326 e. The molecule has 0 bridgehead atoms. The smallest absolute Gasteiger partial charge is 0.326 e. The van der Waals surface area contributed by atoms with Gasteiger partial charge in [-0.1, -0.05) is 0 Å². The summed E-state index contributed by atoms with van der Waals surface area (Å²) in [5, 5.41) is 28.3. The standard InChI is InChI=1S/C10H17NO7/c1-6(13)11-8(10(16)17)2-3-9(15)18-5-7(14)4-12/h7-8,12,14H,2-5H2,1H3,(H,11,13)(H,16,17)/t7?,8-/m0/s1. The van der Waals surface area contributed by atoms with Crippen LogP contribution in [0.2, 0.25) is 0 Å². The maximum absolute atomic E-state index is 11.2. The molecule has 0 aromatic rings. The number of aliphatic carboxylic acids is 1.